The molecule has 0 radical (unpaired) electrons. The highest BCUT2D eigenvalue weighted by Crippen LogP contribution is 2.25. The van der Waals surface area contributed by atoms with E-state index in [4.69, 9.17) is 17.3 Å². The number of aromatic nitrogens is 1. The average Bonchev–Trinajstić information content (AvgIpc) is 2.52. The monoisotopic (exact) mass is 255 g/mol. The van der Waals surface area contributed by atoms with Crippen molar-refractivity contribution >= 4 is 23.1 Å². The van der Waals surface area contributed by atoms with Gasteiger partial charge < -0.3 is 15.7 Å². The lowest BCUT2D eigenvalue weighted by molar-refractivity contribution is 0.254. The number of halogens is 1. The second kappa shape index (κ2) is 5.56. The summed E-state index contributed by atoms with van der Waals surface area (Å²) < 4.78 is 0. The van der Waals surface area contributed by atoms with Crippen LogP contribution in [0.1, 0.15) is 25.7 Å². The number of rotatable bonds is 2. The maximum atomic E-state index is 9.45. The van der Waals surface area contributed by atoms with Crippen LogP contribution in [0.15, 0.2) is 12.1 Å². The number of aliphatic hydroxyl groups is 1. The molecule has 1 fully saturated rings. The molecule has 94 valence electrons. The van der Waals surface area contributed by atoms with Crippen LogP contribution >= 0.6 is 11.6 Å². The number of aliphatic hydroxyl groups excluding tert-OH is 1. The van der Waals surface area contributed by atoms with Gasteiger partial charge in [-0.3, -0.25) is 0 Å². The Bertz CT molecular complexity index is 366. The first-order valence-electron chi connectivity index (χ1n) is 6.01. The number of hydrogen-bond donors (Lipinski definition) is 2. The van der Waals surface area contributed by atoms with Gasteiger partial charge in [-0.05, 0) is 18.9 Å². The van der Waals surface area contributed by atoms with Crippen LogP contribution in [0.4, 0.5) is 11.5 Å². The predicted octanol–water partition coefficient (Wildman–Crippen LogP) is 2.06. The first-order valence-corrected chi connectivity index (χ1v) is 6.39. The van der Waals surface area contributed by atoms with Gasteiger partial charge in [-0.25, -0.2) is 4.98 Å². The Labute approximate surface area is 106 Å². The molecule has 2 heterocycles. The van der Waals surface area contributed by atoms with Gasteiger partial charge >= 0.3 is 0 Å². The molecule has 17 heavy (non-hydrogen) atoms. The summed E-state index contributed by atoms with van der Waals surface area (Å²) in [5.41, 5.74) is 6.39. The molecule has 1 atom stereocenters. The summed E-state index contributed by atoms with van der Waals surface area (Å²) in [5.74, 6) is 0.774. The van der Waals surface area contributed by atoms with Crippen molar-refractivity contribution in [2.75, 3.05) is 23.8 Å². The van der Waals surface area contributed by atoms with E-state index in [0.29, 0.717) is 10.8 Å². The molecule has 0 amide bonds. The van der Waals surface area contributed by atoms with Gasteiger partial charge in [0.25, 0.3) is 0 Å². The summed E-state index contributed by atoms with van der Waals surface area (Å²) in [6, 6.07) is 3.58. The van der Waals surface area contributed by atoms with Gasteiger partial charge in [0, 0.05) is 18.3 Å². The third-order valence-corrected chi connectivity index (χ3v) is 3.38. The van der Waals surface area contributed by atoms with Gasteiger partial charge in [-0.2, -0.15) is 0 Å². The second-order valence-corrected chi connectivity index (χ2v) is 4.85. The van der Waals surface area contributed by atoms with Gasteiger partial charge in [0.15, 0.2) is 0 Å². The van der Waals surface area contributed by atoms with E-state index in [2.05, 4.69) is 9.88 Å². The third kappa shape index (κ3) is 3.01. The van der Waals surface area contributed by atoms with Crippen molar-refractivity contribution in [1.29, 1.82) is 0 Å². The Morgan fingerprint density at radius 3 is 2.94 bits per heavy atom. The molecule has 1 saturated heterocycles. The maximum Gasteiger partial charge on any atom is 0.133 e. The van der Waals surface area contributed by atoms with Crippen LogP contribution in [0.25, 0.3) is 0 Å². The lowest BCUT2D eigenvalue weighted by atomic mass is 10.1. The molecular weight excluding hydrogens is 238 g/mol. The highest BCUT2D eigenvalue weighted by molar-refractivity contribution is 6.29. The molecule has 1 aromatic heterocycles. The lowest BCUT2D eigenvalue weighted by Crippen LogP contribution is -2.38. The van der Waals surface area contributed by atoms with Crippen molar-refractivity contribution in [3.63, 3.8) is 0 Å². The molecule has 1 aliphatic heterocycles. The van der Waals surface area contributed by atoms with E-state index in [-0.39, 0.29) is 12.6 Å². The summed E-state index contributed by atoms with van der Waals surface area (Å²) in [4.78, 5) is 6.42. The standard InChI is InChI=1S/C12H18ClN3O/c13-11-6-9(14)7-12(15-11)16-5-3-1-2-4-10(16)8-17/h6-7,10,17H,1-5,8H2,(H2,14,15). The minimum atomic E-state index is 0.128. The van der Waals surface area contributed by atoms with Gasteiger partial charge in [-0.1, -0.05) is 24.4 Å². The zero-order valence-corrected chi connectivity index (χ0v) is 10.5. The molecule has 0 spiro atoms. The summed E-state index contributed by atoms with van der Waals surface area (Å²) in [7, 11) is 0. The molecule has 3 N–H and O–H groups in total. The third-order valence-electron chi connectivity index (χ3n) is 3.19. The van der Waals surface area contributed by atoms with Gasteiger partial charge in [-0.15, -0.1) is 0 Å². The van der Waals surface area contributed by atoms with Crippen LogP contribution in [0, 0.1) is 0 Å². The Kier molecular flexibility index (Phi) is 4.07. The van der Waals surface area contributed by atoms with E-state index < -0.39 is 0 Å². The molecule has 0 aliphatic carbocycles. The number of pyridine rings is 1. The minimum Gasteiger partial charge on any atom is -0.399 e. The van der Waals surface area contributed by atoms with E-state index >= 15 is 0 Å². The van der Waals surface area contributed by atoms with Crippen molar-refractivity contribution in [3.8, 4) is 0 Å². The molecule has 1 aromatic rings. The Morgan fingerprint density at radius 1 is 1.41 bits per heavy atom. The number of nitrogen functional groups attached to an aromatic ring is 1. The van der Waals surface area contributed by atoms with Crippen LogP contribution in [-0.4, -0.2) is 29.3 Å². The first-order chi connectivity index (χ1) is 8.20. The summed E-state index contributed by atoms with van der Waals surface area (Å²) in [6.45, 7) is 1.05. The molecule has 5 heteroatoms. The Morgan fingerprint density at radius 2 is 2.24 bits per heavy atom. The highest BCUT2D eigenvalue weighted by atomic mass is 35.5. The molecule has 1 aliphatic rings. The zero-order chi connectivity index (χ0) is 12.3. The van der Waals surface area contributed by atoms with Gasteiger partial charge in [0.1, 0.15) is 11.0 Å². The number of hydrogen-bond acceptors (Lipinski definition) is 4. The van der Waals surface area contributed by atoms with E-state index in [1.807, 2.05) is 6.07 Å². The molecular formula is C12H18ClN3O. The fourth-order valence-electron chi connectivity index (χ4n) is 2.32. The number of nitrogens with two attached hydrogens (primary N) is 1. The summed E-state index contributed by atoms with van der Waals surface area (Å²) in [5, 5.41) is 9.86. The van der Waals surface area contributed by atoms with Crippen LogP contribution in [0.3, 0.4) is 0 Å². The van der Waals surface area contributed by atoms with Crippen LogP contribution < -0.4 is 10.6 Å². The zero-order valence-electron chi connectivity index (χ0n) is 9.77. The molecule has 0 saturated carbocycles. The minimum absolute atomic E-state index is 0.128. The molecule has 4 nitrogen and oxygen atoms in total. The number of nitrogens with zero attached hydrogens (tertiary/aromatic N) is 2. The van der Waals surface area contributed by atoms with Crippen molar-refractivity contribution in [1.82, 2.24) is 4.98 Å². The fraction of sp³-hybridized carbons (Fsp3) is 0.583. The van der Waals surface area contributed by atoms with E-state index in [1.165, 1.54) is 6.42 Å². The average molecular weight is 256 g/mol. The Hall–Kier alpha value is -1.00. The molecule has 0 bridgehead atoms. The quantitative estimate of drug-likeness (QED) is 0.794. The largest absolute Gasteiger partial charge is 0.399 e. The first kappa shape index (κ1) is 12.5. The van der Waals surface area contributed by atoms with Gasteiger partial charge in [0.2, 0.25) is 0 Å². The van der Waals surface area contributed by atoms with Crippen molar-refractivity contribution in [2.45, 2.75) is 31.7 Å². The van der Waals surface area contributed by atoms with Crippen molar-refractivity contribution < 1.29 is 5.11 Å². The molecule has 2 rings (SSSR count). The number of anilines is 2. The van der Waals surface area contributed by atoms with E-state index in [9.17, 15) is 5.11 Å². The van der Waals surface area contributed by atoms with E-state index in [0.717, 1.165) is 31.6 Å². The summed E-state index contributed by atoms with van der Waals surface area (Å²) in [6.07, 6.45) is 4.45. The normalized spacial score (nSPS) is 21.3. The molecule has 0 aromatic carbocycles. The van der Waals surface area contributed by atoms with Crippen LogP contribution in [0.2, 0.25) is 5.15 Å². The van der Waals surface area contributed by atoms with Crippen molar-refractivity contribution in [3.05, 3.63) is 17.3 Å². The summed E-state index contributed by atoms with van der Waals surface area (Å²) >= 11 is 5.92. The highest BCUT2D eigenvalue weighted by Gasteiger charge is 2.21. The Balaban J connectivity index is 2.27. The fourth-order valence-corrected chi connectivity index (χ4v) is 2.53. The smallest absolute Gasteiger partial charge is 0.133 e. The van der Waals surface area contributed by atoms with Crippen molar-refractivity contribution in [2.24, 2.45) is 0 Å². The predicted molar refractivity (Wildman–Crippen MR) is 70.3 cm³/mol. The topological polar surface area (TPSA) is 62.4 Å². The van der Waals surface area contributed by atoms with E-state index in [1.54, 1.807) is 6.07 Å². The molecule has 1 unspecified atom stereocenters. The van der Waals surface area contributed by atoms with Crippen LogP contribution in [-0.2, 0) is 0 Å². The van der Waals surface area contributed by atoms with Gasteiger partial charge in [0.05, 0.1) is 12.6 Å². The maximum absolute atomic E-state index is 9.45. The lowest BCUT2D eigenvalue weighted by Gasteiger charge is -2.29. The SMILES string of the molecule is Nc1cc(Cl)nc(N2CCCCCC2CO)c1. The second-order valence-electron chi connectivity index (χ2n) is 4.46. The van der Waals surface area contributed by atoms with Crippen LogP contribution in [0.5, 0.6) is 0 Å².